The van der Waals surface area contributed by atoms with Crippen LogP contribution in [0.25, 0.3) is 33.3 Å². The van der Waals surface area contributed by atoms with Crippen LogP contribution in [0.5, 0.6) is 5.75 Å². The lowest BCUT2D eigenvalue weighted by atomic mass is 9.99. The second-order valence-electron chi connectivity index (χ2n) is 9.51. The van der Waals surface area contributed by atoms with Gasteiger partial charge in [0.1, 0.15) is 11.3 Å². The number of nitrogens with one attached hydrogen (secondary N) is 1. The van der Waals surface area contributed by atoms with Gasteiger partial charge < -0.3 is 19.7 Å². The molecule has 0 amide bonds. The number of aromatic carboxylic acids is 1. The monoisotopic (exact) mass is 503 g/mol. The van der Waals surface area contributed by atoms with Crippen molar-refractivity contribution in [2.45, 2.75) is 45.0 Å². The van der Waals surface area contributed by atoms with Crippen molar-refractivity contribution in [1.29, 1.82) is 0 Å². The number of carboxylic acids is 1. The number of aromatic nitrogens is 2. The molecule has 7 nitrogen and oxygen atoms in total. The van der Waals surface area contributed by atoms with Gasteiger partial charge >= 0.3 is 12.6 Å². The first kappa shape index (κ1) is 23.3. The summed E-state index contributed by atoms with van der Waals surface area (Å²) in [5.41, 5.74) is 4.20. The largest absolute Gasteiger partial charge is 0.477 e. The van der Waals surface area contributed by atoms with Crippen molar-refractivity contribution in [3.05, 3.63) is 81.8 Å². The topological polar surface area (TPSA) is 93.5 Å². The van der Waals surface area contributed by atoms with Gasteiger partial charge in [-0.2, -0.15) is 8.78 Å². The molecule has 2 aromatic carbocycles. The fraction of sp³-hybridized carbons (Fsp3) is 0.250. The number of hydrogen-bond donors (Lipinski definition) is 2. The van der Waals surface area contributed by atoms with Crippen LogP contribution >= 0.6 is 0 Å². The molecule has 188 valence electrons. The van der Waals surface area contributed by atoms with Gasteiger partial charge in [0.25, 0.3) is 0 Å². The van der Waals surface area contributed by atoms with Gasteiger partial charge in [-0.05, 0) is 60.7 Å². The van der Waals surface area contributed by atoms with Gasteiger partial charge in [0.05, 0.1) is 5.52 Å². The molecule has 0 bridgehead atoms. The molecule has 9 heteroatoms. The van der Waals surface area contributed by atoms with Gasteiger partial charge in [-0.25, -0.2) is 4.79 Å². The number of ether oxygens (including phenoxy) is 1. The maximum Gasteiger partial charge on any atom is 0.387 e. The second kappa shape index (κ2) is 8.77. The van der Waals surface area contributed by atoms with E-state index in [0.29, 0.717) is 39.8 Å². The van der Waals surface area contributed by atoms with E-state index in [0.717, 1.165) is 18.4 Å². The van der Waals surface area contributed by atoms with E-state index in [9.17, 15) is 23.5 Å². The smallest absolute Gasteiger partial charge is 0.387 e. The first-order valence-corrected chi connectivity index (χ1v) is 12.0. The Hall–Kier alpha value is -4.11. The number of carboxylic acid groups (broad SMARTS) is 1. The first-order valence-electron chi connectivity index (χ1n) is 12.0. The molecule has 0 radical (unpaired) electrons. The van der Waals surface area contributed by atoms with E-state index in [1.807, 2.05) is 22.8 Å². The fourth-order valence-electron chi connectivity index (χ4n) is 5.04. The molecular weight excluding hydrogens is 480 g/mol. The summed E-state index contributed by atoms with van der Waals surface area (Å²) in [7, 11) is 0. The summed E-state index contributed by atoms with van der Waals surface area (Å²) < 4.78 is 33.5. The van der Waals surface area contributed by atoms with Crippen LogP contribution in [-0.2, 0) is 6.54 Å². The van der Waals surface area contributed by atoms with Crippen molar-refractivity contribution >= 4 is 16.9 Å². The maximum absolute atomic E-state index is 13.4. The number of rotatable bonds is 6. The van der Waals surface area contributed by atoms with E-state index >= 15 is 0 Å². The fourth-order valence-corrected chi connectivity index (χ4v) is 5.04. The highest BCUT2D eigenvalue weighted by atomic mass is 19.3. The molecule has 0 spiro atoms. The number of benzene rings is 2. The molecule has 1 unspecified atom stereocenters. The third-order valence-corrected chi connectivity index (χ3v) is 7.09. The predicted molar refractivity (Wildman–Crippen MR) is 134 cm³/mol. The van der Waals surface area contributed by atoms with Crippen LogP contribution in [-0.4, -0.2) is 27.2 Å². The van der Waals surface area contributed by atoms with Gasteiger partial charge in [-0.1, -0.05) is 18.2 Å². The van der Waals surface area contributed by atoms with Crippen molar-refractivity contribution in [3.63, 3.8) is 0 Å². The van der Waals surface area contributed by atoms with Crippen LogP contribution < -0.4 is 15.5 Å². The molecule has 6 rings (SSSR count). The summed E-state index contributed by atoms with van der Waals surface area (Å²) in [6, 6.07) is 12.6. The average molecular weight is 504 g/mol. The van der Waals surface area contributed by atoms with Crippen LogP contribution in [0.1, 0.15) is 53.3 Å². The zero-order valence-corrected chi connectivity index (χ0v) is 19.9. The molecule has 1 aliphatic heterocycles. The number of halogens is 2. The molecule has 2 aliphatic rings. The normalized spacial score (nSPS) is 16.8. The Balaban J connectivity index is 1.46. The summed E-state index contributed by atoms with van der Waals surface area (Å²) in [4.78, 5) is 28.9. The Bertz CT molecular complexity index is 1630. The lowest BCUT2D eigenvalue weighted by Gasteiger charge is -2.15. The standard InChI is InChI=1S/C28H23F2N3O4/c1-14-20-6-3-16(8-18(20)12-31-14)25-24(37-28(29)30)10-17(11-32-25)15-2-7-21-23(9-15)33(19-4-5-19)13-22(26(21)34)27(35)36/h2-3,6-11,13-14,19,28,31H,4-5,12H2,1H3,(H,35,36). The third kappa shape index (κ3) is 4.15. The quantitative estimate of drug-likeness (QED) is 0.360. The lowest BCUT2D eigenvalue weighted by Crippen LogP contribution is -2.18. The molecule has 1 fully saturated rings. The van der Waals surface area contributed by atoms with Gasteiger partial charge in [0.15, 0.2) is 5.75 Å². The third-order valence-electron chi connectivity index (χ3n) is 7.09. The summed E-state index contributed by atoms with van der Waals surface area (Å²) in [6.45, 7) is -0.270. The van der Waals surface area contributed by atoms with Crippen LogP contribution in [0, 0.1) is 0 Å². The van der Waals surface area contributed by atoms with Crippen LogP contribution in [0.4, 0.5) is 8.78 Å². The molecule has 3 heterocycles. The molecule has 2 aromatic heterocycles. The number of fused-ring (bicyclic) bond motifs is 2. The molecule has 1 aliphatic carbocycles. The van der Waals surface area contributed by atoms with E-state index in [1.54, 1.807) is 24.4 Å². The van der Waals surface area contributed by atoms with Crippen molar-refractivity contribution in [2.24, 2.45) is 0 Å². The highest BCUT2D eigenvalue weighted by Gasteiger charge is 2.27. The Morgan fingerprint density at radius 2 is 1.92 bits per heavy atom. The van der Waals surface area contributed by atoms with Gasteiger partial charge in [0.2, 0.25) is 5.43 Å². The number of carbonyl (C=O) groups is 1. The van der Waals surface area contributed by atoms with E-state index in [4.69, 9.17) is 4.74 Å². The average Bonchev–Trinajstić information content (AvgIpc) is 3.65. The summed E-state index contributed by atoms with van der Waals surface area (Å²) >= 11 is 0. The van der Waals surface area contributed by atoms with E-state index in [-0.39, 0.29) is 23.4 Å². The van der Waals surface area contributed by atoms with E-state index < -0.39 is 18.0 Å². The Labute approximate surface area is 210 Å². The molecule has 37 heavy (non-hydrogen) atoms. The minimum absolute atomic E-state index is 0.0487. The molecule has 2 N–H and O–H groups in total. The van der Waals surface area contributed by atoms with Gasteiger partial charge in [-0.3, -0.25) is 9.78 Å². The molecule has 0 saturated heterocycles. The van der Waals surface area contributed by atoms with Crippen LogP contribution in [0.2, 0.25) is 0 Å². The molecular formula is C28H23F2N3O4. The summed E-state index contributed by atoms with van der Waals surface area (Å²) in [6.07, 6.45) is 4.76. The van der Waals surface area contributed by atoms with Crippen molar-refractivity contribution in [1.82, 2.24) is 14.9 Å². The van der Waals surface area contributed by atoms with Crippen LogP contribution in [0.15, 0.2) is 59.7 Å². The molecule has 1 atom stereocenters. The highest BCUT2D eigenvalue weighted by Crippen LogP contribution is 2.39. The Kier molecular flexibility index (Phi) is 5.52. The number of hydrogen-bond acceptors (Lipinski definition) is 5. The maximum atomic E-state index is 13.4. The van der Waals surface area contributed by atoms with E-state index in [2.05, 4.69) is 17.2 Å². The predicted octanol–water partition coefficient (Wildman–Crippen LogP) is 5.53. The number of alkyl halides is 2. The SMILES string of the molecule is CC1NCc2cc(-c3ncc(-c4ccc5c(=O)c(C(=O)O)cn(C6CC6)c5c4)cc3OC(F)F)ccc21. The summed E-state index contributed by atoms with van der Waals surface area (Å²) in [5, 5.41) is 13.1. The first-order chi connectivity index (χ1) is 17.8. The lowest BCUT2D eigenvalue weighted by molar-refractivity contribution is -0.0496. The zero-order chi connectivity index (χ0) is 25.8. The molecule has 1 saturated carbocycles. The second-order valence-corrected chi connectivity index (χ2v) is 9.51. The van der Waals surface area contributed by atoms with Crippen molar-refractivity contribution < 1.29 is 23.4 Å². The van der Waals surface area contributed by atoms with Gasteiger partial charge in [0, 0.05) is 47.5 Å². The minimum atomic E-state index is -3.03. The number of nitrogens with zero attached hydrogens (tertiary/aromatic N) is 2. The molecule has 4 aromatic rings. The van der Waals surface area contributed by atoms with Crippen molar-refractivity contribution in [3.8, 4) is 28.1 Å². The summed E-state index contributed by atoms with van der Waals surface area (Å²) in [5.74, 6) is -1.32. The minimum Gasteiger partial charge on any atom is -0.477 e. The Morgan fingerprint density at radius 3 is 2.65 bits per heavy atom. The number of pyridine rings is 2. The van der Waals surface area contributed by atoms with Crippen molar-refractivity contribution in [2.75, 3.05) is 0 Å². The Morgan fingerprint density at radius 1 is 1.14 bits per heavy atom. The van der Waals surface area contributed by atoms with Gasteiger partial charge in [-0.15, -0.1) is 0 Å². The van der Waals surface area contributed by atoms with E-state index in [1.165, 1.54) is 17.8 Å². The van der Waals surface area contributed by atoms with Crippen LogP contribution in [0.3, 0.4) is 0 Å². The zero-order valence-electron chi connectivity index (χ0n) is 19.9. The highest BCUT2D eigenvalue weighted by molar-refractivity contribution is 5.94.